The summed E-state index contributed by atoms with van der Waals surface area (Å²) in [5.41, 5.74) is 4.02. The van der Waals surface area contributed by atoms with Gasteiger partial charge in [0.15, 0.2) is 0 Å². The van der Waals surface area contributed by atoms with Gasteiger partial charge in [0.25, 0.3) is 0 Å². The lowest BCUT2D eigenvalue weighted by atomic mass is 10.1. The number of carbonyl (C=O) groups excluding carboxylic acids is 1. The van der Waals surface area contributed by atoms with E-state index >= 15 is 0 Å². The monoisotopic (exact) mass is 246 g/mol. The molecule has 0 radical (unpaired) electrons. The van der Waals surface area contributed by atoms with Crippen molar-refractivity contribution in [2.75, 3.05) is 18.2 Å². The van der Waals surface area contributed by atoms with Gasteiger partial charge in [-0.15, -0.1) is 0 Å². The van der Waals surface area contributed by atoms with Gasteiger partial charge in [-0.05, 0) is 38.8 Å². The topological polar surface area (TPSA) is 41.9 Å². The van der Waals surface area contributed by atoms with Crippen molar-refractivity contribution in [1.29, 1.82) is 0 Å². The van der Waals surface area contributed by atoms with E-state index < -0.39 is 0 Å². The lowest BCUT2D eigenvalue weighted by molar-refractivity contribution is -0.135. The quantitative estimate of drug-likeness (QED) is 0.607. The zero-order valence-corrected chi connectivity index (χ0v) is 11.1. The van der Waals surface area contributed by atoms with E-state index in [0.717, 1.165) is 18.7 Å². The molecule has 4 heteroatoms. The van der Waals surface area contributed by atoms with Crippen LogP contribution in [-0.2, 0) is 16.0 Å². The molecule has 2 rings (SSSR count). The zero-order valence-electron chi connectivity index (χ0n) is 11.1. The molecule has 1 aliphatic rings. The van der Waals surface area contributed by atoms with E-state index in [0.29, 0.717) is 12.3 Å². The molecule has 0 unspecified atom stereocenters. The van der Waals surface area contributed by atoms with E-state index in [1.54, 1.807) is 13.8 Å². The predicted molar refractivity (Wildman–Crippen MR) is 72.0 cm³/mol. The summed E-state index contributed by atoms with van der Waals surface area (Å²) in [6, 6.07) is 6.29. The van der Waals surface area contributed by atoms with Crippen LogP contribution in [0.25, 0.3) is 0 Å². The fourth-order valence-electron chi connectivity index (χ4n) is 2.07. The normalized spacial score (nSPS) is 14.6. The number of hydrogen-bond donors (Lipinski definition) is 0. The van der Waals surface area contributed by atoms with Crippen LogP contribution < -0.4 is 5.01 Å². The highest BCUT2D eigenvalue weighted by atomic mass is 16.5. The van der Waals surface area contributed by atoms with Crippen LogP contribution in [0.1, 0.15) is 25.0 Å². The van der Waals surface area contributed by atoms with Crippen molar-refractivity contribution in [2.45, 2.75) is 27.2 Å². The Hall–Kier alpha value is -1.84. The average molecular weight is 246 g/mol. The Labute approximate surface area is 107 Å². The molecule has 0 saturated carbocycles. The van der Waals surface area contributed by atoms with E-state index in [2.05, 4.69) is 30.2 Å². The number of ether oxygens (including phenoxy) is 1. The smallest absolute Gasteiger partial charge is 0.354 e. The van der Waals surface area contributed by atoms with E-state index in [1.165, 1.54) is 11.1 Å². The van der Waals surface area contributed by atoms with Gasteiger partial charge < -0.3 is 4.74 Å². The van der Waals surface area contributed by atoms with E-state index in [4.69, 9.17) is 4.74 Å². The third-order valence-corrected chi connectivity index (χ3v) is 2.95. The molecule has 0 spiro atoms. The first-order chi connectivity index (χ1) is 8.61. The number of hydrogen-bond acceptors (Lipinski definition) is 4. The summed E-state index contributed by atoms with van der Waals surface area (Å²) in [4.78, 5) is 11.5. The Morgan fingerprint density at radius 2 is 2.28 bits per heavy atom. The van der Waals surface area contributed by atoms with Crippen molar-refractivity contribution < 1.29 is 9.53 Å². The van der Waals surface area contributed by atoms with Crippen LogP contribution in [0.4, 0.5) is 5.69 Å². The van der Waals surface area contributed by atoms with Crippen molar-refractivity contribution in [3.8, 4) is 0 Å². The molecule has 1 aromatic carbocycles. The molecule has 0 saturated heterocycles. The predicted octanol–water partition coefficient (Wildman–Crippen LogP) is 2.30. The minimum Gasteiger partial charge on any atom is -0.461 e. The highest BCUT2D eigenvalue weighted by molar-refractivity contribution is 6.35. The number of hydrazone groups is 1. The first kappa shape index (κ1) is 12.6. The number of rotatable bonds is 3. The van der Waals surface area contributed by atoms with Gasteiger partial charge in [-0.1, -0.05) is 17.7 Å². The zero-order chi connectivity index (χ0) is 13.1. The number of aryl methyl sites for hydroxylation is 1. The minimum absolute atomic E-state index is 0.349. The summed E-state index contributed by atoms with van der Waals surface area (Å²) < 4.78 is 4.92. The van der Waals surface area contributed by atoms with Crippen molar-refractivity contribution in [3.05, 3.63) is 29.3 Å². The number of esters is 1. The Morgan fingerprint density at radius 3 is 3.00 bits per heavy atom. The molecule has 0 aromatic heterocycles. The van der Waals surface area contributed by atoms with Crippen molar-refractivity contribution >= 4 is 17.4 Å². The molecule has 0 fully saturated rings. The molecule has 1 aromatic rings. The van der Waals surface area contributed by atoms with Gasteiger partial charge >= 0.3 is 5.97 Å². The highest BCUT2D eigenvalue weighted by Gasteiger charge is 2.19. The fraction of sp³-hybridized carbons (Fsp3) is 0.429. The number of fused-ring (bicyclic) bond motifs is 1. The fourth-order valence-corrected chi connectivity index (χ4v) is 2.07. The number of benzene rings is 1. The Balaban J connectivity index is 2.19. The van der Waals surface area contributed by atoms with Crippen molar-refractivity contribution in [1.82, 2.24) is 0 Å². The summed E-state index contributed by atoms with van der Waals surface area (Å²) in [7, 11) is 0. The summed E-state index contributed by atoms with van der Waals surface area (Å²) in [5, 5.41) is 6.22. The third-order valence-electron chi connectivity index (χ3n) is 2.95. The van der Waals surface area contributed by atoms with E-state index in [-0.39, 0.29) is 5.97 Å². The number of anilines is 1. The Kier molecular flexibility index (Phi) is 3.65. The Morgan fingerprint density at radius 1 is 1.50 bits per heavy atom. The van der Waals surface area contributed by atoms with Crippen LogP contribution in [-0.4, -0.2) is 24.8 Å². The van der Waals surface area contributed by atoms with Crippen molar-refractivity contribution in [2.24, 2.45) is 5.10 Å². The maximum Gasteiger partial charge on any atom is 0.354 e. The number of carbonyl (C=O) groups is 1. The van der Waals surface area contributed by atoms with Crippen LogP contribution in [0, 0.1) is 6.92 Å². The molecule has 0 bridgehead atoms. The maximum absolute atomic E-state index is 11.5. The average Bonchev–Trinajstić information content (AvgIpc) is 2.72. The first-order valence-electron chi connectivity index (χ1n) is 6.21. The minimum atomic E-state index is -0.349. The largest absolute Gasteiger partial charge is 0.461 e. The second-order valence-electron chi connectivity index (χ2n) is 4.41. The molecular weight excluding hydrogens is 228 g/mol. The molecule has 4 nitrogen and oxygen atoms in total. The van der Waals surface area contributed by atoms with Gasteiger partial charge in [0.05, 0.1) is 12.3 Å². The first-order valence-corrected chi connectivity index (χ1v) is 6.21. The van der Waals surface area contributed by atoms with Gasteiger partial charge in [0, 0.05) is 6.54 Å². The molecule has 18 heavy (non-hydrogen) atoms. The summed E-state index contributed by atoms with van der Waals surface area (Å²) in [6.07, 6.45) is 0.969. The molecule has 0 aliphatic carbocycles. The summed E-state index contributed by atoms with van der Waals surface area (Å²) in [6.45, 7) is 6.75. The van der Waals surface area contributed by atoms with Crippen LogP contribution in [0.2, 0.25) is 0 Å². The lowest BCUT2D eigenvalue weighted by Gasteiger charge is -2.14. The van der Waals surface area contributed by atoms with E-state index in [9.17, 15) is 4.79 Å². The second kappa shape index (κ2) is 5.21. The number of nitrogens with zero attached hydrogens (tertiary/aromatic N) is 2. The SMILES string of the molecule is CCOC(=O)/C(C)=N\N1CCc2cc(C)ccc21. The second-order valence-corrected chi connectivity index (χ2v) is 4.41. The molecule has 0 N–H and O–H groups in total. The maximum atomic E-state index is 11.5. The van der Waals surface area contributed by atoms with Gasteiger partial charge in [-0.3, -0.25) is 5.01 Å². The van der Waals surface area contributed by atoms with Gasteiger partial charge in [0.2, 0.25) is 0 Å². The summed E-state index contributed by atoms with van der Waals surface area (Å²) >= 11 is 0. The summed E-state index contributed by atoms with van der Waals surface area (Å²) in [5.74, 6) is -0.349. The van der Waals surface area contributed by atoms with Crippen molar-refractivity contribution in [3.63, 3.8) is 0 Å². The Bertz CT molecular complexity index is 495. The molecule has 1 aliphatic heterocycles. The van der Waals surface area contributed by atoms with Gasteiger partial charge in [0.1, 0.15) is 5.71 Å². The molecule has 96 valence electrons. The third kappa shape index (κ3) is 2.53. The van der Waals surface area contributed by atoms with Gasteiger partial charge in [-0.2, -0.15) is 5.10 Å². The molecule has 1 heterocycles. The van der Waals surface area contributed by atoms with Gasteiger partial charge in [-0.25, -0.2) is 4.79 Å². The molecule has 0 atom stereocenters. The van der Waals surface area contributed by atoms with Crippen LogP contribution in [0.15, 0.2) is 23.3 Å². The highest BCUT2D eigenvalue weighted by Crippen LogP contribution is 2.28. The van der Waals surface area contributed by atoms with Crippen LogP contribution in [0.5, 0.6) is 0 Å². The van der Waals surface area contributed by atoms with Crippen LogP contribution in [0.3, 0.4) is 0 Å². The molecule has 0 amide bonds. The standard InChI is InChI=1S/C14H18N2O2/c1-4-18-14(17)11(3)15-16-8-7-12-9-10(2)5-6-13(12)16/h5-6,9H,4,7-8H2,1-3H3/b15-11-. The lowest BCUT2D eigenvalue weighted by Crippen LogP contribution is -2.21. The van der Waals surface area contributed by atoms with Crippen LogP contribution >= 0.6 is 0 Å². The molecular formula is C14H18N2O2. The van der Waals surface area contributed by atoms with E-state index in [1.807, 2.05) is 5.01 Å².